The monoisotopic (exact) mass is 525 g/mol. The van der Waals surface area contributed by atoms with Gasteiger partial charge in [0.25, 0.3) is 5.91 Å². The first-order chi connectivity index (χ1) is 18.5. The van der Waals surface area contributed by atoms with E-state index in [2.05, 4.69) is 32.2 Å². The number of nitrogens with zero attached hydrogens (tertiary/aromatic N) is 5. The lowest BCUT2D eigenvalue weighted by Crippen LogP contribution is -2.49. The molecule has 2 N–H and O–H groups in total. The molecule has 2 aliphatic heterocycles. The van der Waals surface area contributed by atoms with Gasteiger partial charge in [0.2, 0.25) is 5.91 Å². The molecule has 1 saturated heterocycles. The molecule has 38 heavy (non-hydrogen) atoms. The lowest BCUT2D eigenvalue weighted by atomic mass is 10.1. The van der Waals surface area contributed by atoms with E-state index in [1.54, 1.807) is 23.2 Å². The maximum Gasteiger partial charge on any atom is 0.332 e. The van der Waals surface area contributed by atoms with Gasteiger partial charge >= 0.3 is 6.03 Å². The van der Waals surface area contributed by atoms with E-state index < -0.39 is 6.03 Å². The molecule has 0 unspecified atom stereocenters. The average molecular weight is 526 g/mol. The molecule has 4 aromatic rings. The molecule has 0 bridgehead atoms. The van der Waals surface area contributed by atoms with Gasteiger partial charge in [0, 0.05) is 37.0 Å². The third kappa shape index (κ3) is 4.16. The molecule has 6 rings (SSSR count). The van der Waals surface area contributed by atoms with Crippen molar-refractivity contribution in [3.63, 3.8) is 0 Å². The summed E-state index contributed by atoms with van der Waals surface area (Å²) in [5.41, 5.74) is 2.60. The number of thiophene rings is 1. The van der Waals surface area contributed by atoms with E-state index >= 15 is 0 Å². The Kier molecular flexibility index (Phi) is 6.04. The van der Waals surface area contributed by atoms with Gasteiger partial charge in [-0.3, -0.25) is 9.59 Å². The molecular formula is C27H23N7O3S. The van der Waals surface area contributed by atoms with Crippen LogP contribution in [0.25, 0.3) is 21.5 Å². The van der Waals surface area contributed by atoms with Gasteiger partial charge in [0.05, 0.1) is 22.5 Å². The van der Waals surface area contributed by atoms with Crippen molar-refractivity contribution < 1.29 is 14.4 Å². The van der Waals surface area contributed by atoms with Crippen LogP contribution >= 0.6 is 11.3 Å². The van der Waals surface area contributed by atoms with Crippen LogP contribution in [0.1, 0.15) is 22.5 Å². The van der Waals surface area contributed by atoms with Crippen molar-refractivity contribution in [2.24, 2.45) is 0 Å². The van der Waals surface area contributed by atoms with E-state index in [4.69, 9.17) is 0 Å². The number of benzene rings is 1. The van der Waals surface area contributed by atoms with Gasteiger partial charge in [-0.2, -0.15) is 0 Å². The molecular weight excluding hydrogens is 502 g/mol. The number of aromatic nitrogens is 3. The Hall–Kier alpha value is -4.64. The highest BCUT2D eigenvalue weighted by molar-refractivity contribution is 7.21. The summed E-state index contributed by atoms with van der Waals surface area (Å²) in [7, 11) is 0. The first kappa shape index (κ1) is 23.7. The molecule has 2 aliphatic rings. The lowest BCUT2D eigenvalue weighted by Gasteiger charge is -2.32. The van der Waals surface area contributed by atoms with Crippen molar-refractivity contribution in [1.29, 1.82) is 0 Å². The molecule has 11 heteroatoms. The first-order valence-electron chi connectivity index (χ1n) is 12.2. The van der Waals surface area contributed by atoms with Crippen LogP contribution in [0.4, 0.5) is 22.0 Å². The summed E-state index contributed by atoms with van der Waals surface area (Å²) in [4.78, 5) is 56.2. The van der Waals surface area contributed by atoms with Gasteiger partial charge in [-0.1, -0.05) is 36.9 Å². The third-order valence-corrected chi connectivity index (χ3v) is 7.74. The molecule has 0 aliphatic carbocycles. The minimum absolute atomic E-state index is 0.151. The molecule has 190 valence electrons. The van der Waals surface area contributed by atoms with E-state index in [0.717, 1.165) is 18.4 Å². The van der Waals surface area contributed by atoms with Crippen molar-refractivity contribution in [2.75, 3.05) is 23.3 Å². The zero-order valence-corrected chi connectivity index (χ0v) is 21.1. The Balaban J connectivity index is 1.33. The number of likely N-dealkylation sites (tertiary alicyclic amines) is 1. The molecule has 0 radical (unpaired) electrons. The Morgan fingerprint density at radius 3 is 2.82 bits per heavy atom. The molecule has 3 aromatic heterocycles. The highest BCUT2D eigenvalue weighted by Crippen LogP contribution is 2.45. The zero-order valence-electron chi connectivity index (χ0n) is 20.3. The van der Waals surface area contributed by atoms with Crippen LogP contribution in [-0.2, 0) is 4.79 Å². The first-order valence-corrected chi connectivity index (χ1v) is 13.0. The number of rotatable bonds is 5. The predicted octanol–water partition coefficient (Wildman–Crippen LogP) is 4.34. The van der Waals surface area contributed by atoms with Crippen molar-refractivity contribution in [1.82, 2.24) is 25.2 Å². The summed E-state index contributed by atoms with van der Waals surface area (Å²) < 4.78 is 0. The normalized spacial score (nSPS) is 16.7. The van der Waals surface area contributed by atoms with Crippen LogP contribution in [0, 0.1) is 0 Å². The molecule has 10 nitrogen and oxygen atoms in total. The number of hydrogen-bond donors (Lipinski definition) is 2. The number of carbonyl (C=O) groups is 3. The standard InChI is InChI=1S/C27H23N7O3S/c1-2-21(35)33-12-6-9-17(14-33)31-25(36)24-23-22-19(10-11-28-26(22)38-24)34(27(37)32-23)20-13-18(29-15-30-20)16-7-4-3-5-8-16/h2-5,7-8,10-11,13,15,17H,1,6,9,12,14H2,(H,31,36)(H,32,37)/t17-/m1/s1. The quantitative estimate of drug-likeness (QED) is 0.374. The maximum absolute atomic E-state index is 13.4. The number of urea groups is 1. The lowest BCUT2D eigenvalue weighted by molar-refractivity contribution is -0.127. The largest absolute Gasteiger partial charge is 0.347 e. The smallest absolute Gasteiger partial charge is 0.332 e. The van der Waals surface area contributed by atoms with Crippen molar-refractivity contribution >= 4 is 56.6 Å². The maximum atomic E-state index is 13.4. The van der Waals surface area contributed by atoms with Crippen LogP contribution in [0.2, 0.25) is 0 Å². The van der Waals surface area contributed by atoms with Crippen LogP contribution in [0.15, 0.2) is 67.6 Å². The number of amides is 4. The third-order valence-electron chi connectivity index (χ3n) is 6.65. The summed E-state index contributed by atoms with van der Waals surface area (Å²) in [6.07, 6.45) is 5.87. The fraction of sp³-hybridized carbons (Fsp3) is 0.185. The van der Waals surface area contributed by atoms with Gasteiger partial charge in [-0.15, -0.1) is 11.3 Å². The fourth-order valence-corrected chi connectivity index (χ4v) is 5.91. The van der Waals surface area contributed by atoms with Gasteiger partial charge < -0.3 is 15.5 Å². The van der Waals surface area contributed by atoms with Gasteiger partial charge in [0.15, 0.2) is 0 Å². The molecule has 0 spiro atoms. The molecule has 4 amide bonds. The Morgan fingerprint density at radius 1 is 1.16 bits per heavy atom. The fourth-order valence-electron chi connectivity index (χ4n) is 4.88. The summed E-state index contributed by atoms with van der Waals surface area (Å²) in [5.74, 6) is -0.0582. The van der Waals surface area contributed by atoms with Gasteiger partial charge in [-0.05, 0) is 25.0 Å². The summed E-state index contributed by atoms with van der Waals surface area (Å²) in [5, 5.41) is 6.61. The van der Waals surface area contributed by atoms with Crippen molar-refractivity contribution in [2.45, 2.75) is 18.9 Å². The molecule has 1 aromatic carbocycles. The Labute approximate surface area is 222 Å². The number of pyridine rings is 1. The van der Waals surface area contributed by atoms with E-state index in [1.165, 1.54) is 28.6 Å². The van der Waals surface area contributed by atoms with Gasteiger partial charge in [-0.25, -0.2) is 24.6 Å². The topological polar surface area (TPSA) is 120 Å². The molecule has 1 fully saturated rings. The van der Waals surface area contributed by atoms with Crippen molar-refractivity contribution in [3.05, 3.63) is 72.5 Å². The van der Waals surface area contributed by atoms with Crippen LogP contribution in [0.3, 0.4) is 0 Å². The average Bonchev–Trinajstić information content (AvgIpc) is 3.33. The number of piperidine rings is 1. The van der Waals surface area contributed by atoms with Crippen LogP contribution in [-0.4, -0.2) is 56.8 Å². The van der Waals surface area contributed by atoms with Crippen LogP contribution in [0.5, 0.6) is 0 Å². The summed E-state index contributed by atoms with van der Waals surface area (Å²) >= 11 is 1.22. The second-order valence-corrected chi connectivity index (χ2v) is 10.0. The van der Waals surface area contributed by atoms with E-state index in [0.29, 0.717) is 51.1 Å². The highest BCUT2D eigenvalue weighted by atomic mass is 32.1. The van der Waals surface area contributed by atoms with E-state index in [-0.39, 0.29) is 17.9 Å². The number of anilines is 3. The Bertz CT molecular complexity index is 1590. The number of nitrogens with one attached hydrogen (secondary N) is 2. The summed E-state index contributed by atoms with van der Waals surface area (Å²) in [6.45, 7) is 4.60. The van der Waals surface area contributed by atoms with E-state index in [9.17, 15) is 14.4 Å². The minimum atomic E-state index is -0.435. The molecule has 5 heterocycles. The SMILES string of the molecule is C=CC(=O)N1CCC[C@@H](NC(=O)c2sc3nccc4c3c2NC(=O)N4c2cc(-c3ccccc3)ncn2)C1. The highest BCUT2D eigenvalue weighted by Gasteiger charge is 2.34. The summed E-state index contributed by atoms with van der Waals surface area (Å²) in [6, 6.07) is 12.5. The number of carbonyl (C=O) groups excluding carboxylic acids is 3. The zero-order chi connectivity index (χ0) is 26.2. The minimum Gasteiger partial charge on any atom is -0.347 e. The molecule has 1 atom stereocenters. The van der Waals surface area contributed by atoms with Crippen molar-refractivity contribution in [3.8, 4) is 11.3 Å². The van der Waals surface area contributed by atoms with E-state index in [1.807, 2.05) is 30.3 Å². The second-order valence-electron chi connectivity index (χ2n) is 9.01. The molecule has 0 saturated carbocycles. The second kappa shape index (κ2) is 9.67. The Morgan fingerprint density at radius 2 is 2.00 bits per heavy atom. The van der Waals surface area contributed by atoms with Gasteiger partial charge in [0.1, 0.15) is 21.9 Å². The van der Waals surface area contributed by atoms with Crippen LogP contribution < -0.4 is 15.5 Å². The number of hydrogen-bond acceptors (Lipinski definition) is 7. The predicted molar refractivity (Wildman–Crippen MR) is 146 cm³/mol.